The van der Waals surface area contributed by atoms with E-state index < -0.39 is 0 Å². The maximum atomic E-state index is 12.0. The van der Waals surface area contributed by atoms with E-state index >= 15 is 0 Å². The Kier molecular flexibility index (Phi) is 3.45. The molecule has 1 atom stereocenters. The van der Waals surface area contributed by atoms with E-state index in [1.165, 1.54) is 0 Å². The van der Waals surface area contributed by atoms with Crippen LogP contribution in [0.15, 0.2) is 24.7 Å². The number of nitrogens with zero attached hydrogens (tertiary/aromatic N) is 3. The predicted octanol–water partition coefficient (Wildman–Crippen LogP) is 1.68. The molecule has 0 spiro atoms. The second kappa shape index (κ2) is 5.03. The molecule has 0 aromatic carbocycles. The number of aromatic amines is 1. The van der Waals surface area contributed by atoms with Crippen molar-refractivity contribution in [2.75, 3.05) is 0 Å². The smallest absolute Gasteiger partial charge is 0.272 e. The number of hydrogen-bond donors (Lipinski definition) is 2. The lowest BCUT2D eigenvalue weighted by molar-refractivity contribution is 0.0934. The van der Waals surface area contributed by atoms with Gasteiger partial charge < -0.3 is 5.32 Å². The average Bonchev–Trinajstić information content (AvgIpc) is 3.00. The fourth-order valence-corrected chi connectivity index (χ4v) is 1.60. The van der Waals surface area contributed by atoms with Gasteiger partial charge in [0, 0.05) is 24.0 Å². The molecule has 96 valence electrons. The van der Waals surface area contributed by atoms with E-state index in [1.807, 2.05) is 27.0 Å². The highest BCUT2D eigenvalue weighted by molar-refractivity contribution is 5.92. The van der Waals surface area contributed by atoms with Crippen molar-refractivity contribution < 1.29 is 4.79 Å². The van der Waals surface area contributed by atoms with Crippen LogP contribution < -0.4 is 5.32 Å². The summed E-state index contributed by atoms with van der Waals surface area (Å²) in [7, 11) is 0. The number of H-pyrrole nitrogens is 1. The van der Waals surface area contributed by atoms with Crippen molar-refractivity contribution in [2.45, 2.75) is 32.9 Å². The SMILES string of the molecule is CC(C)n1ccc(C(=O)N[C@@H](C)c2cn[nH]c2)n1. The van der Waals surface area contributed by atoms with Crippen molar-refractivity contribution in [1.82, 2.24) is 25.3 Å². The van der Waals surface area contributed by atoms with Gasteiger partial charge in [-0.25, -0.2) is 0 Å². The van der Waals surface area contributed by atoms with Crippen LogP contribution in [0.3, 0.4) is 0 Å². The van der Waals surface area contributed by atoms with Crippen LogP contribution in [0.2, 0.25) is 0 Å². The minimum absolute atomic E-state index is 0.0968. The maximum absolute atomic E-state index is 12.0. The summed E-state index contributed by atoms with van der Waals surface area (Å²) in [5.41, 5.74) is 1.37. The number of carbonyl (C=O) groups is 1. The summed E-state index contributed by atoms with van der Waals surface area (Å²) in [6.07, 6.45) is 5.26. The van der Waals surface area contributed by atoms with Crippen molar-refractivity contribution in [2.24, 2.45) is 0 Å². The molecule has 0 saturated heterocycles. The number of aromatic nitrogens is 4. The topological polar surface area (TPSA) is 75.6 Å². The molecule has 2 rings (SSSR count). The molecule has 0 aliphatic heterocycles. The Hall–Kier alpha value is -2.11. The van der Waals surface area contributed by atoms with Crippen molar-refractivity contribution in [3.8, 4) is 0 Å². The molecule has 1 amide bonds. The molecule has 0 radical (unpaired) electrons. The quantitative estimate of drug-likeness (QED) is 0.863. The number of hydrogen-bond acceptors (Lipinski definition) is 3. The summed E-state index contributed by atoms with van der Waals surface area (Å²) >= 11 is 0. The van der Waals surface area contributed by atoms with Crippen LogP contribution in [0, 0.1) is 0 Å². The van der Waals surface area contributed by atoms with Crippen LogP contribution in [-0.4, -0.2) is 25.9 Å². The number of nitrogens with one attached hydrogen (secondary N) is 2. The Morgan fingerprint density at radius 1 is 1.44 bits per heavy atom. The van der Waals surface area contributed by atoms with Gasteiger partial charge in [-0.1, -0.05) is 0 Å². The highest BCUT2D eigenvalue weighted by Crippen LogP contribution is 2.10. The summed E-state index contributed by atoms with van der Waals surface area (Å²) < 4.78 is 1.76. The van der Waals surface area contributed by atoms with Gasteiger partial charge in [-0.2, -0.15) is 10.2 Å². The molecule has 0 fully saturated rings. The zero-order valence-electron chi connectivity index (χ0n) is 10.7. The van der Waals surface area contributed by atoms with E-state index in [0.717, 1.165) is 5.56 Å². The Balaban J connectivity index is 2.03. The van der Waals surface area contributed by atoms with E-state index in [4.69, 9.17) is 0 Å². The Bertz CT molecular complexity index is 514. The van der Waals surface area contributed by atoms with Crippen LogP contribution >= 0.6 is 0 Å². The third-order valence-corrected chi connectivity index (χ3v) is 2.74. The first kappa shape index (κ1) is 12.3. The molecular weight excluding hydrogens is 230 g/mol. The third-order valence-electron chi connectivity index (χ3n) is 2.74. The number of carbonyl (C=O) groups excluding carboxylic acids is 1. The van der Waals surface area contributed by atoms with E-state index in [2.05, 4.69) is 20.6 Å². The zero-order valence-corrected chi connectivity index (χ0v) is 10.7. The molecule has 6 heteroatoms. The molecule has 0 bridgehead atoms. The summed E-state index contributed by atoms with van der Waals surface area (Å²) in [5, 5.41) is 13.7. The molecule has 0 unspecified atom stereocenters. The lowest BCUT2D eigenvalue weighted by Crippen LogP contribution is -2.27. The summed E-state index contributed by atoms with van der Waals surface area (Å²) in [4.78, 5) is 12.0. The van der Waals surface area contributed by atoms with E-state index in [9.17, 15) is 4.79 Å². The maximum Gasteiger partial charge on any atom is 0.272 e. The van der Waals surface area contributed by atoms with Gasteiger partial charge in [0.25, 0.3) is 5.91 Å². The molecule has 0 aliphatic carbocycles. The van der Waals surface area contributed by atoms with Crippen LogP contribution in [0.25, 0.3) is 0 Å². The van der Waals surface area contributed by atoms with Crippen LogP contribution in [-0.2, 0) is 0 Å². The molecule has 0 aliphatic rings. The average molecular weight is 247 g/mol. The molecule has 2 aromatic heterocycles. The fraction of sp³-hybridized carbons (Fsp3) is 0.417. The number of amides is 1. The van der Waals surface area contributed by atoms with Gasteiger partial charge in [0.2, 0.25) is 0 Å². The minimum Gasteiger partial charge on any atom is -0.344 e. The van der Waals surface area contributed by atoms with Crippen LogP contribution in [0.1, 0.15) is 48.9 Å². The van der Waals surface area contributed by atoms with Crippen molar-refractivity contribution in [3.63, 3.8) is 0 Å². The Morgan fingerprint density at radius 2 is 2.22 bits per heavy atom. The first-order chi connectivity index (χ1) is 8.58. The second-order valence-corrected chi connectivity index (χ2v) is 4.50. The van der Waals surface area contributed by atoms with E-state index in [0.29, 0.717) is 5.69 Å². The van der Waals surface area contributed by atoms with Gasteiger partial charge in [0.1, 0.15) is 5.69 Å². The molecule has 2 aromatic rings. The minimum atomic E-state index is -0.178. The van der Waals surface area contributed by atoms with Gasteiger partial charge >= 0.3 is 0 Å². The normalized spacial score (nSPS) is 12.7. The van der Waals surface area contributed by atoms with Gasteiger partial charge in [-0.3, -0.25) is 14.6 Å². The molecule has 6 nitrogen and oxygen atoms in total. The summed E-state index contributed by atoms with van der Waals surface area (Å²) in [5.74, 6) is -0.178. The Labute approximate surface area is 105 Å². The molecule has 2 N–H and O–H groups in total. The third kappa shape index (κ3) is 2.58. The monoisotopic (exact) mass is 247 g/mol. The van der Waals surface area contributed by atoms with Crippen molar-refractivity contribution in [3.05, 3.63) is 35.9 Å². The highest BCUT2D eigenvalue weighted by atomic mass is 16.2. The molecule has 0 saturated carbocycles. The van der Waals surface area contributed by atoms with Gasteiger partial charge in [0.15, 0.2) is 0 Å². The van der Waals surface area contributed by atoms with Gasteiger partial charge in [0.05, 0.1) is 12.2 Å². The van der Waals surface area contributed by atoms with E-state index in [1.54, 1.807) is 23.1 Å². The molecule has 18 heavy (non-hydrogen) atoms. The number of rotatable bonds is 4. The molecular formula is C12H17N5O. The van der Waals surface area contributed by atoms with Crippen molar-refractivity contribution >= 4 is 5.91 Å². The Morgan fingerprint density at radius 3 is 2.78 bits per heavy atom. The zero-order chi connectivity index (χ0) is 13.1. The summed E-state index contributed by atoms with van der Waals surface area (Å²) in [6.45, 7) is 5.94. The van der Waals surface area contributed by atoms with Crippen LogP contribution in [0.4, 0.5) is 0 Å². The largest absolute Gasteiger partial charge is 0.344 e. The first-order valence-corrected chi connectivity index (χ1v) is 5.92. The lowest BCUT2D eigenvalue weighted by atomic mass is 10.2. The highest BCUT2D eigenvalue weighted by Gasteiger charge is 2.14. The lowest BCUT2D eigenvalue weighted by Gasteiger charge is -2.10. The molecule has 2 heterocycles. The van der Waals surface area contributed by atoms with Crippen molar-refractivity contribution in [1.29, 1.82) is 0 Å². The van der Waals surface area contributed by atoms with Gasteiger partial charge in [-0.15, -0.1) is 0 Å². The predicted molar refractivity (Wildman–Crippen MR) is 67.1 cm³/mol. The summed E-state index contributed by atoms with van der Waals surface area (Å²) in [6, 6.07) is 1.87. The fourth-order valence-electron chi connectivity index (χ4n) is 1.60. The standard InChI is InChI=1S/C12H17N5O/c1-8(2)17-5-4-11(16-17)12(18)15-9(3)10-6-13-14-7-10/h4-9H,1-3H3,(H,13,14)(H,15,18)/t9-/m0/s1. The van der Waals surface area contributed by atoms with E-state index in [-0.39, 0.29) is 18.0 Å². The second-order valence-electron chi connectivity index (χ2n) is 4.50. The first-order valence-electron chi connectivity index (χ1n) is 5.92. The van der Waals surface area contributed by atoms with Gasteiger partial charge in [-0.05, 0) is 26.8 Å². The van der Waals surface area contributed by atoms with Crippen LogP contribution in [0.5, 0.6) is 0 Å².